The summed E-state index contributed by atoms with van der Waals surface area (Å²) in [5.41, 5.74) is 2.85. The lowest BCUT2D eigenvalue weighted by Gasteiger charge is -2.18. The molecular formula is C12H15NO2. The van der Waals surface area contributed by atoms with Crippen LogP contribution in [0.4, 0.5) is 0 Å². The largest absolute Gasteiger partial charge is 0.493 e. The van der Waals surface area contributed by atoms with Crippen LogP contribution in [0.1, 0.15) is 17.2 Å². The van der Waals surface area contributed by atoms with Crippen LogP contribution >= 0.6 is 0 Å². The molecule has 1 aromatic carbocycles. The molecule has 2 aliphatic rings. The molecule has 2 unspecified atom stereocenters. The SMILES string of the molecule is COc1cc2c(cc1OC)C1CN1CC2. The summed E-state index contributed by atoms with van der Waals surface area (Å²) in [4.78, 5) is 2.48. The second-order valence-electron chi connectivity index (χ2n) is 4.17. The van der Waals surface area contributed by atoms with Crippen LogP contribution in [0.2, 0.25) is 0 Å². The molecule has 15 heavy (non-hydrogen) atoms. The van der Waals surface area contributed by atoms with Gasteiger partial charge in [0.2, 0.25) is 0 Å². The lowest BCUT2D eigenvalue weighted by Crippen LogP contribution is -2.12. The number of benzene rings is 1. The zero-order valence-corrected chi connectivity index (χ0v) is 9.12. The molecule has 0 aromatic heterocycles. The average Bonchev–Trinajstić information content (AvgIpc) is 3.06. The smallest absolute Gasteiger partial charge is 0.161 e. The summed E-state index contributed by atoms with van der Waals surface area (Å²) in [5, 5.41) is 0. The molecule has 3 nitrogen and oxygen atoms in total. The maximum absolute atomic E-state index is 5.33. The van der Waals surface area contributed by atoms with Crippen molar-refractivity contribution >= 4 is 0 Å². The molecule has 0 aliphatic carbocycles. The van der Waals surface area contributed by atoms with Crippen molar-refractivity contribution in [1.29, 1.82) is 0 Å². The van der Waals surface area contributed by atoms with Gasteiger partial charge in [-0.15, -0.1) is 0 Å². The van der Waals surface area contributed by atoms with Crippen LogP contribution in [0.25, 0.3) is 0 Å². The van der Waals surface area contributed by atoms with Crippen LogP contribution in [0.3, 0.4) is 0 Å². The van der Waals surface area contributed by atoms with Crippen LogP contribution in [0.15, 0.2) is 12.1 Å². The van der Waals surface area contributed by atoms with Gasteiger partial charge in [-0.05, 0) is 29.7 Å². The second-order valence-corrected chi connectivity index (χ2v) is 4.17. The van der Waals surface area contributed by atoms with E-state index in [2.05, 4.69) is 17.0 Å². The van der Waals surface area contributed by atoms with E-state index in [1.807, 2.05) is 0 Å². The number of methoxy groups -OCH3 is 2. The molecule has 0 radical (unpaired) electrons. The van der Waals surface area contributed by atoms with E-state index in [9.17, 15) is 0 Å². The number of nitrogens with zero attached hydrogens (tertiary/aromatic N) is 1. The molecular weight excluding hydrogens is 190 g/mol. The van der Waals surface area contributed by atoms with Crippen LogP contribution in [-0.4, -0.2) is 32.2 Å². The first-order valence-electron chi connectivity index (χ1n) is 5.32. The van der Waals surface area contributed by atoms with Gasteiger partial charge in [0.05, 0.1) is 14.2 Å². The van der Waals surface area contributed by atoms with Crippen molar-refractivity contribution in [3.05, 3.63) is 23.3 Å². The van der Waals surface area contributed by atoms with Gasteiger partial charge in [0.15, 0.2) is 11.5 Å². The van der Waals surface area contributed by atoms with E-state index in [1.54, 1.807) is 14.2 Å². The molecule has 1 fully saturated rings. The van der Waals surface area contributed by atoms with Gasteiger partial charge in [0.1, 0.15) is 0 Å². The Kier molecular flexibility index (Phi) is 1.89. The molecule has 1 saturated heterocycles. The number of ether oxygens (including phenoxy) is 2. The third-order valence-corrected chi connectivity index (χ3v) is 3.39. The molecule has 0 saturated carbocycles. The molecule has 0 N–H and O–H groups in total. The summed E-state index contributed by atoms with van der Waals surface area (Å²) in [5.74, 6) is 1.70. The summed E-state index contributed by atoms with van der Waals surface area (Å²) in [6.45, 7) is 2.40. The van der Waals surface area contributed by atoms with Gasteiger partial charge in [0.25, 0.3) is 0 Å². The molecule has 2 aliphatic heterocycles. The Bertz CT molecular complexity index is 403. The number of hydrogen-bond acceptors (Lipinski definition) is 3. The van der Waals surface area contributed by atoms with Gasteiger partial charge < -0.3 is 9.47 Å². The van der Waals surface area contributed by atoms with Crippen molar-refractivity contribution in [2.45, 2.75) is 12.5 Å². The Labute approximate surface area is 89.6 Å². The van der Waals surface area contributed by atoms with E-state index in [0.29, 0.717) is 6.04 Å². The Morgan fingerprint density at radius 1 is 1.20 bits per heavy atom. The van der Waals surface area contributed by atoms with Crippen molar-refractivity contribution in [3.8, 4) is 11.5 Å². The quantitative estimate of drug-likeness (QED) is 0.685. The van der Waals surface area contributed by atoms with E-state index in [-0.39, 0.29) is 0 Å². The summed E-state index contributed by atoms with van der Waals surface area (Å²) in [6.07, 6.45) is 1.13. The number of hydrogen-bond donors (Lipinski definition) is 0. The minimum Gasteiger partial charge on any atom is -0.493 e. The first kappa shape index (κ1) is 9.04. The Morgan fingerprint density at radius 3 is 2.67 bits per heavy atom. The highest BCUT2D eigenvalue weighted by atomic mass is 16.5. The zero-order chi connectivity index (χ0) is 10.4. The van der Waals surface area contributed by atoms with E-state index in [0.717, 1.165) is 17.9 Å². The summed E-state index contributed by atoms with van der Waals surface area (Å²) in [6, 6.07) is 4.91. The standard InChI is InChI=1S/C12H15NO2/c1-14-11-5-8-3-4-13-7-10(13)9(8)6-12(11)15-2/h5-6,10H,3-4,7H2,1-2H3. The fourth-order valence-corrected chi connectivity index (χ4v) is 2.44. The van der Waals surface area contributed by atoms with Crippen molar-refractivity contribution in [3.63, 3.8) is 0 Å². The van der Waals surface area contributed by atoms with Crippen LogP contribution in [0.5, 0.6) is 11.5 Å². The Morgan fingerprint density at radius 2 is 1.93 bits per heavy atom. The van der Waals surface area contributed by atoms with Gasteiger partial charge in [0, 0.05) is 19.1 Å². The topological polar surface area (TPSA) is 21.5 Å². The van der Waals surface area contributed by atoms with Gasteiger partial charge in [-0.25, -0.2) is 0 Å². The number of fused-ring (bicyclic) bond motifs is 3. The molecule has 0 spiro atoms. The van der Waals surface area contributed by atoms with Gasteiger partial charge in [-0.1, -0.05) is 0 Å². The monoisotopic (exact) mass is 205 g/mol. The van der Waals surface area contributed by atoms with Crippen molar-refractivity contribution in [2.75, 3.05) is 27.3 Å². The average molecular weight is 205 g/mol. The molecule has 0 bridgehead atoms. The van der Waals surface area contributed by atoms with E-state index in [4.69, 9.17) is 9.47 Å². The first-order valence-corrected chi connectivity index (χ1v) is 5.32. The summed E-state index contributed by atoms with van der Waals surface area (Å²) < 4.78 is 10.6. The maximum atomic E-state index is 5.33. The molecule has 0 amide bonds. The molecule has 2 heterocycles. The Hall–Kier alpha value is -1.22. The third-order valence-electron chi connectivity index (χ3n) is 3.39. The van der Waals surface area contributed by atoms with Gasteiger partial charge >= 0.3 is 0 Å². The van der Waals surface area contributed by atoms with Crippen LogP contribution < -0.4 is 9.47 Å². The van der Waals surface area contributed by atoms with Crippen LogP contribution in [0, 0.1) is 0 Å². The van der Waals surface area contributed by atoms with Crippen molar-refractivity contribution in [2.24, 2.45) is 0 Å². The highest BCUT2D eigenvalue weighted by Gasteiger charge is 2.40. The minimum atomic E-state index is 0.647. The van der Waals surface area contributed by atoms with E-state index >= 15 is 0 Å². The first-order chi connectivity index (χ1) is 7.33. The van der Waals surface area contributed by atoms with E-state index < -0.39 is 0 Å². The molecule has 2 atom stereocenters. The Balaban J connectivity index is 2.08. The molecule has 3 heteroatoms. The highest BCUT2D eigenvalue weighted by molar-refractivity contribution is 5.50. The lowest BCUT2D eigenvalue weighted by atomic mass is 9.98. The van der Waals surface area contributed by atoms with Gasteiger partial charge in [-0.2, -0.15) is 0 Å². The lowest BCUT2D eigenvalue weighted by molar-refractivity contribution is 0.352. The normalized spacial score (nSPS) is 26.5. The zero-order valence-electron chi connectivity index (χ0n) is 9.12. The predicted molar refractivity (Wildman–Crippen MR) is 57.6 cm³/mol. The molecule has 80 valence electrons. The molecule has 1 aromatic rings. The van der Waals surface area contributed by atoms with Crippen LogP contribution in [-0.2, 0) is 6.42 Å². The molecule has 3 rings (SSSR count). The summed E-state index contributed by atoms with van der Waals surface area (Å²) in [7, 11) is 3.38. The fourth-order valence-electron chi connectivity index (χ4n) is 2.44. The predicted octanol–water partition coefficient (Wildman–Crippen LogP) is 1.62. The summed E-state index contributed by atoms with van der Waals surface area (Å²) >= 11 is 0. The van der Waals surface area contributed by atoms with Gasteiger partial charge in [-0.3, -0.25) is 4.90 Å². The highest BCUT2D eigenvalue weighted by Crippen LogP contribution is 2.44. The van der Waals surface area contributed by atoms with Crippen molar-refractivity contribution < 1.29 is 9.47 Å². The number of rotatable bonds is 2. The van der Waals surface area contributed by atoms with Crippen molar-refractivity contribution in [1.82, 2.24) is 4.90 Å². The minimum absolute atomic E-state index is 0.647. The fraction of sp³-hybridized carbons (Fsp3) is 0.500. The van der Waals surface area contributed by atoms with E-state index in [1.165, 1.54) is 24.2 Å². The second kappa shape index (κ2) is 3.14. The third kappa shape index (κ3) is 1.30. The maximum Gasteiger partial charge on any atom is 0.161 e.